The molecule has 0 unspecified atom stereocenters. The van der Waals surface area contributed by atoms with Gasteiger partial charge in [-0.15, -0.1) is 0 Å². The molecule has 0 aromatic rings. The van der Waals surface area contributed by atoms with Crippen molar-refractivity contribution in [1.29, 1.82) is 0 Å². The Hall–Kier alpha value is -0.120. The highest BCUT2D eigenvalue weighted by molar-refractivity contribution is 5.05. The number of β-amino-alcohol motifs (C(OH)–C–C–N with tert-alkyl or cyclic N) is 1. The molecule has 3 heteroatoms. The Morgan fingerprint density at radius 3 is 2.64 bits per heavy atom. The number of aliphatic hydroxyl groups is 1. The van der Waals surface area contributed by atoms with E-state index < -0.39 is 0 Å². The minimum Gasteiger partial charge on any atom is -0.387 e. The van der Waals surface area contributed by atoms with Crippen molar-refractivity contribution in [1.82, 2.24) is 4.90 Å². The maximum Gasteiger partial charge on any atom is 0.0928 e. The van der Waals surface area contributed by atoms with Crippen LogP contribution in [0.1, 0.15) is 26.2 Å². The summed E-state index contributed by atoms with van der Waals surface area (Å²) in [6.07, 6.45) is 3.55. The third-order valence-corrected chi connectivity index (χ3v) is 3.23. The number of ether oxygens (including phenoxy) is 1. The number of nitrogens with zero attached hydrogens (tertiary/aromatic N) is 1. The number of hydrogen-bond donors (Lipinski definition) is 1. The predicted molar refractivity (Wildman–Crippen MR) is 55.2 cm³/mol. The van der Waals surface area contributed by atoms with Crippen molar-refractivity contribution < 1.29 is 9.84 Å². The van der Waals surface area contributed by atoms with Crippen LogP contribution < -0.4 is 0 Å². The van der Waals surface area contributed by atoms with Crippen LogP contribution in [0.25, 0.3) is 0 Å². The Bertz CT molecular complexity index is 186. The van der Waals surface area contributed by atoms with Crippen LogP contribution in [0.5, 0.6) is 0 Å². The van der Waals surface area contributed by atoms with Gasteiger partial charge >= 0.3 is 0 Å². The lowest BCUT2D eigenvalue weighted by atomic mass is 9.89. The lowest BCUT2D eigenvalue weighted by Gasteiger charge is -2.47. The molecular weight excluding hydrogens is 178 g/mol. The summed E-state index contributed by atoms with van der Waals surface area (Å²) in [5, 5.41) is 10.0. The van der Waals surface area contributed by atoms with E-state index in [9.17, 15) is 5.11 Å². The molecule has 1 saturated heterocycles. The molecule has 0 bridgehead atoms. The molecule has 1 saturated carbocycles. The zero-order chi connectivity index (χ0) is 10.0. The van der Waals surface area contributed by atoms with E-state index in [1.165, 1.54) is 12.8 Å². The van der Waals surface area contributed by atoms with Gasteiger partial charge in [0.1, 0.15) is 0 Å². The van der Waals surface area contributed by atoms with Gasteiger partial charge < -0.3 is 9.84 Å². The lowest BCUT2D eigenvalue weighted by Crippen LogP contribution is -2.63. The van der Waals surface area contributed by atoms with Crippen LogP contribution in [-0.4, -0.2) is 48.5 Å². The van der Waals surface area contributed by atoms with E-state index in [1.54, 1.807) is 0 Å². The third kappa shape index (κ3) is 2.27. The molecule has 1 N–H and O–H groups in total. The zero-order valence-electron chi connectivity index (χ0n) is 9.04. The molecule has 0 atom stereocenters. The number of hydrogen-bond acceptors (Lipinski definition) is 3. The Morgan fingerprint density at radius 2 is 2.07 bits per heavy atom. The fraction of sp³-hybridized carbons (Fsp3) is 1.00. The average molecular weight is 199 g/mol. The molecule has 1 aliphatic heterocycles. The molecule has 2 aliphatic rings. The van der Waals surface area contributed by atoms with Gasteiger partial charge in [-0.2, -0.15) is 0 Å². The number of rotatable bonds is 6. The molecule has 2 rings (SSSR count). The van der Waals surface area contributed by atoms with Crippen LogP contribution in [0.15, 0.2) is 0 Å². The van der Waals surface area contributed by atoms with Crippen molar-refractivity contribution in [2.24, 2.45) is 5.92 Å². The van der Waals surface area contributed by atoms with Gasteiger partial charge in [0, 0.05) is 26.2 Å². The SMILES string of the molecule is CCCOCCN1CC(O)(C2CC2)C1. The monoisotopic (exact) mass is 199 g/mol. The standard InChI is InChI=1S/C11H21NO2/c1-2-6-14-7-5-12-8-11(13,9-12)10-3-4-10/h10,13H,2-9H2,1H3. The molecular formula is C11H21NO2. The molecule has 1 aliphatic carbocycles. The number of likely N-dealkylation sites (tertiary alicyclic amines) is 1. The summed E-state index contributed by atoms with van der Waals surface area (Å²) in [4.78, 5) is 2.29. The summed E-state index contributed by atoms with van der Waals surface area (Å²) >= 11 is 0. The summed E-state index contributed by atoms with van der Waals surface area (Å²) in [6, 6.07) is 0. The Morgan fingerprint density at radius 1 is 1.36 bits per heavy atom. The van der Waals surface area contributed by atoms with E-state index in [0.717, 1.165) is 39.3 Å². The summed E-state index contributed by atoms with van der Waals surface area (Å²) in [7, 11) is 0. The molecule has 0 amide bonds. The van der Waals surface area contributed by atoms with Crippen molar-refractivity contribution in [2.45, 2.75) is 31.8 Å². The predicted octanol–water partition coefficient (Wildman–Crippen LogP) is 0.870. The molecule has 3 nitrogen and oxygen atoms in total. The first kappa shape index (κ1) is 10.4. The molecule has 0 aromatic heterocycles. The van der Waals surface area contributed by atoms with Gasteiger partial charge in [0.2, 0.25) is 0 Å². The van der Waals surface area contributed by atoms with Crippen LogP contribution in [0.3, 0.4) is 0 Å². The Kier molecular flexibility index (Phi) is 3.10. The van der Waals surface area contributed by atoms with Gasteiger partial charge in [-0.25, -0.2) is 0 Å². The first-order valence-corrected chi connectivity index (χ1v) is 5.77. The van der Waals surface area contributed by atoms with Crippen molar-refractivity contribution in [3.63, 3.8) is 0 Å². The van der Waals surface area contributed by atoms with Gasteiger partial charge in [-0.3, -0.25) is 4.90 Å². The van der Waals surface area contributed by atoms with Gasteiger partial charge in [0.15, 0.2) is 0 Å². The van der Waals surface area contributed by atoms with Crippen molar-refractivity contribution in [2.75, 3.05) is 32.8 Å². The Balaban J connectivity index is 1.54. The second-order valence-electron chi connectivity index (χ2n) is 4.70. The minimum atomic E-state index is -0.329. The van der Waals surface area contributed by atoms with Crippen molar-refractivity contribution in [3.05, 3.63) is 0 Å². The van der Waals surface area contributed by atoms with E-state index in [4.69, 9.17) is 4.74 Å². The van der Waals surface area contributed by atoms with Crippen molar-refractivity contribution >= 4 is 0 Å². The average Bonchev–Trinajstić information content (AvgIpc) is 2.91. The van der Waals surface area contributed by atoms with E-state index in [2.05, 4.69) is 11.8 Å². The van der Waals surface area contributed by atoms with Crippen LogP contribution in [0, 0.1) is 5.92 Å². The van der Waals surface area contributed by atoms with Crippen LogP contribution in [-0.2, 0) is 4.74 Å². The minimum absolute atomic E-state index is 0.329. The topological polar surface area (TPSA) is 32.7 Å². The smallest absolute Gasteiger partial charge is 0.0928 e. The van der Waals surface area contributed by atoms with Gasteiger partial charge in [0.05, 0.1) is 12.2 Å². The van der Waals surface area contributed by atoms with E-state index >= 15 is 0 Å². The maximum atomic E-state index is 10.0. The highest BCUT2D eigenvalue weighted by Gasteiger charge is 2.51. The van der Waals surface area contributed by atoms with Crippen LogP contribution in [0.2, 0.25) is 0 Å². The second kappa shape index (κ2) is 4.17. The molecule has 14 heavy (non-hydrogen) atoms. The first-order valence-electron chi connectivity index (χ1n) is 5.77. The van der Waals surface area contributed by atoms with Gasteiger partial charge in [0.25, 0.3) is 0 Å². The molecule has 0 spiro atoms. The van der Waals surface area contributed by atoms with E-state index in [0.29, 0.717) is 5.92 Å². The summed E-state index contributed by atoms with van der Waals surface area (Å²) in [5.41, 5.74) is -0.329. The largest absolute Gasteiger partial charge is 0.387 e. The summed E-state index contributed by atoms with van der Waals surface area (Å²) < 4.78 is 5.41. The maximum absolute atomic E-state index is 10.0. The second-order valence-corrected chi connectivity index (χ2v) is 4.70. The molecule has 82 valence electrons. The molecule has 0 aromatic carbocycles. The zero-order valence-corrected chi connectivity index (χ0v) is 9.04. The van der Waals surface area contributed by atoms with Gasteiger partial charge in [-0.05, 0) is 25.2 Å². The van der Waals surface area contributed by atoms with E-state index in [-0.39, 0.29) is 5.60 Å². The van der Waals surface area contributed by atoms with Gasteiger partial charge in [-0.1, -0.05) is 6.92 Å². The fourth-order valence-electron chi connectivity index (χ4n) is 2.21. The summed E-state index contributed by atoms with van der Waals surface area (Å²) in [5.74, 6) is 0.607. The lowest BCUT2D eigenvalue weighted by molar-refractivity contribution is -0.118. The first-order chi connectivity index (χ1) is 6.74. The van der Waals surface area contributed by atoms with E-state index in [1.807, 2.05) is 0 Å². The van der Waals surface area contributed by atoms with Crippen molar-refractivity contribution in [3.8, 4) is 0 Å². The highest BCUT2D eigenvalue weighted by Crippen LogP contribution is 2.44. The Labute approximate surface area is 86.0 Å². The molecule has 1 heterocycles. The molecule has 2 fully saturated rings. The normalized spacial score (nSPS) is 26.1. The molecule has 0 radical (unpaired) electrons. The highest BCUT2D eigenvalue weighted by atomic mass is 16.5. The fourth-order valence-corrected chi connectivity index (χ4v) is 2.21. The van der Waals surface area contributed by atoms with Crippen LogP contribution >= 0.6 is 0 Å². The quantitative estimate of drug-likeness (QED) is 0.644. The van der Waals surface area contributed by atoms with Crippen LogP contribution in [0.4, 0.5) is 0 Å². The third-order valence-electron chi connectivity index (χ3n) is 3.23. The summed E-state index contributed by atoms with van der Waals surface area (Å²) in [6.45, 7) is 6.51.